The Labute approximate surface area is 116 Å². The van der Waals surface area contributed by atoms with Gasteiger partial charge < -0.3 is 20.5 Å². The molecule has 5 nitrogen and oxygen atoms in total. The van der Waals surface area contributed by atoms with Crippen molar-refractivity contribution >= 4 is 6.09 Å². The highest BCUT2D eigenvalue weighted by atomic mass is 16.6. The van der Waals surface area contributed by atoms with E-state index in [0.717, 1.165) is 19.3 Å². The predicted molar refractivity (Wildman–Crippen MR) is 74.9 cm³/mol. The zero-order valence-corrected chi connectivity index (χ0v) is 12.6. The lowest BCUT2D eigenvalue weighted by Gasteiger charge is -2.44. The van der Waals surface area contributed by atoms with Gasteiger partial charge in [0.2, 0.25) is 0 Å². The van der Waals surface area contributed by atoms with Crippen LogP contribution in [-0.4, -0.2) is 46.4 Å². The van der Waals surface area contributed by atoms with Crippen molar-refractivity contribution < 1.29 is 14.6 Å². The van der Waals surface area contributed by atoms with Crippen molar-refractivity contribution in [2.75, 3.05) is 13.1 Å². The highest BCUT2D eigenvalue weighted by molar-refractivity contribution is 5.69. The van der Waals surface area contributed by atoms with Crippen LogP contribution in [0.3, 0.4) is 0 Å². The third-order valence-electron chi connectivity index (χ3n) is 3.72. The quantitative estimate of drug-likeness (QED) is 0.822. The summed E-state index contributed by atoms with van der Waals surface area (Å²) in [7, 11) is 0. The van der Waals surface area contributed by atoms with Crippen LogP contribution in [0, 0.1) is 0 Å². The molecule has 0 unspecified atom stereocenters. The second-order valence-electron chi connectivity index (χ2n) is 6.35. The molecule has 0 aromatic heterocycles. The summed E-state index contributed by atoms with van der Waals surface area (Å²) in [4.78, 5) is 13.9. The van der Waals surface area contributed by atoms with Crippen LogP contribution >= 0.6 is 0 Å². The minimum Gasteiger partial charge on any atom is -0.444 e. The van der Waals surface area contributed by atoms with Crippen molar-refractivity contribution in [3.8, 4) is 0 Å². The summed E-state index contributed by atoms with van der Waals surface area (Å²) in [6.07, 6.45) is 2.92. The number of nitrogens with two attached hydrogens (primary N) is 1. The van der Waals surface area contributed by atoms with Crippen LogP contribution in [0.4, 0.5) is 4.79 Å². The summed E-state index contributed by atoms with van der Waals surface area (Å²) in [5.41, 5.74) is 4.17. The molecule has 3 N–H and O–H groups in total. The molecule has 1 aliphatic rings. The minimum absolute atomic E-state index is 0.160. The van der Waals surface area contributed by atoms with Crippen LogP contribution in [0.25, 0.3) is 0 Å². The van der Waals surface area contributed by atoms with E-state index in [1.165, 1.54) is 0 Å². The molecule has 1 fully saturated rings. The minimum atomic E-state index is -1.02. The van der Waals surface area contributed by atoms with Crippen molar-refractivity contribution in [1.29, 1.82) is 0 Å². The van der Waals surface area contributed by atoms with Crippen molar-refractivity contribution in [3.63, 3.8) is 0 Å². The molecule has 1 rings (SSSR count). The molecule has 0 aromatic rings. The fourth-order valence-corrected chi connectivity index (χ4v) is 2.55. The fraction of sp³-hybridized carbons (Fsp3) is 0.929. The van der Waals surface area contributed by atoms with Gasteiger partial charge in [-0.15, -0.1) is 0 Å². The molecule has 0 bridgehead atoms. The van der Waals surface area contributed by atoms with Gasteiger partial charge in [0.05, 0.1) is 11.6 Å². The average Bonchev–Trinajstić information content (AvgIpc) is 2.36. The molecule has 1 saturated heterocycles. The summed E-state index contributed by atoms with van der Waals surface area (Å²) in [5, 5.41) is 10.6. The van der Waals surface area contributed by atoms with Crippen molar-refractivity contribution in [1.82, 2.24) is 4.90 Å². The van der Waals surface area contributed by atoms with E-state index in [-0.39, 0.29) is 18.7 Å². The van der Waals surface area contributed by atoms with Gasteiger partial charge in [0.15, 0.2) is 0 Å². The Bertz CT molecular complexity index is 308. The van der Waals surface area contributed by atoms with Crippen LogP contribution in [0.1, 0.15) is 53.4 Å². The number of carbonyl (C=O) groups is 1. The molecule has 19 heavy (non-hydrogen) atoms. The Balaban J connectivity index is 2.86. The average molecular weight is 272 g/mol. The van der Waals surface area contributed by atoms with E-state index < -0.39 is 11.2 Å². The van der Waals surface area contributed by atoms with Gasteiger partial charge in [0.1, 0.15) is 5.60 Å². The van der Waals surface area contributed by atoms with E-state index in [0.29, 0.717) is 13.0 Å². The van der Waals surface area contributed by atoms with Gasteiger partial charge in [0.25, 0.3) is 0 Å². The SMILES string of the molecule is CC[C@@](O)(CN)[C@H]1CCCCN1C(=O)OC(C)(C)C. The van der Waals surface area contributed by atoms with Gasteiger partial charge in [-0.25, -0.2) is 4.79 Å². The first kappa shape index (κ1) is 16.2. The van der Waals surface area contributed by atoms with Crippen molar-refractivity contribution in [2.24, 2.45) is 5.73 Å². The summed E-state index contributed by atoms with van der Waals surface area (Å²) in [6, 6.07) is -0.244. The maximum atomic E-state index is 12.3. The molecule has 0 spiro atoms. The van der Waals surface area contributed by atoms with Gasteiger partial charge in [-0.2, -0.15) is 0 Å². The standard InChI is InChI=1S/C14H28N2O3/c1-5-14(18,10-15)11-8-6-7-9-16(11)12(17)19-13(2,3)4/h11,18H,5-10,15H2,1-4H3/t11-,14-/m1/s1. The van der Waals surface area contributed by atoms with E-state index in [1.54, 1.807) is 4.90 Å². The Morgan fingerprint density at radius 3 is 2.53 bits per heavy atom. The Kier molecular flexibility index (Phi) is 5.21. The maximum Gasteiger partial charge on any atom is 0.410 e. The number of aliphatic hydroxyl groups is 1. The predicted octanol–water partition coefficient (Wildman–Crippen LogP) is 1.88. The molecule has 1 heterocycles. The number of amides is 1. The highest BCUT2D eigenvalue weighted by Crippen LogP contribution is 2.29. The smallest absolute Gasteiger partial charge is 0.410 e. The number of rotatable bonds is 3. The summed E-state index contributed by atoms with van der Waals surface area (Å²) >= 11 is 0. The normalized spacial score (nSPS) is 23.9. The summed E-state index contributed by atoms with van der Waals surface area (Å²) < 4.78 is 5.43. The first-order valence-corrected chi connectivity index (χ1v) is 7.15. The van der Waals surface area contributed by atoms with Crippen molar-refractivity contribution in [3.05, 3.63) is 0 Å². The zero-order valence-electron chi connectivity index (χ0n) is 12.6. The Morgan fingerprint density at radius 2 is 2.05 bits per heavy atom. The monoisotopic (exact) mass is 272 g/mol. The molecule has 0 saturated carbocycles. The second kappa shape index (κ2) is 6.09. The third-order valence-corrected chi connectivity index (χ3v) is 3.72. The number of carbonyl (C=O) groups excluding carboxylic acids is 1. The van der Waals surface area contributed by atoms with Gasteiger partial charge in [-0.1, -0.05) is 6.92 Å². The lowest BCUT2D eigenvalue weighted by Crippen LogP contribution is -2.60. The summed E-state index contributed by atoms with van der Waals surface area (Å²) in [5.74, 6) is 0. The number of nitrogens with zero attached hydrogens (tertiary/aromatic N) is 1. The molecule has 0 aliphatic carbocycles. The van der Waals surface area contributed by atoms with Gasteiger partial charge >= 0.3 is 6.09 Å². The van der Waals surface area contributed by atoms with Crippen LogP contribution in [0.5, 0.6) is 0 Å². The number of likely N-dealkylation sites (tertiary alicyclic amines) is 1. The van der Waals surface area contributed by atoms with E-state index in [1.807, 2.05) is 27.7 Å². The molecule has 1 aliphatic heterocycles. The zero-order chi connectivity index (χ0) is 14.7. The first-order valence-electron chi connectivity index (χ1n) is 7.15. The highest BCUT2D eigenvalue weighted by Gasteiger charge is 2.42. The van der Waals surface area contributed by atoms with Gasteiger partial charge in [0, 0.05) is 13.1 Å². The van der Waals surface area contributed by atoms with Gasteiger partial charge in [-0.05, 0) is 46.5 Å². The van der Waals surface area contributed by atoms with Crippen LogP contribution in [0.15, 0.2) is 0 Å². The van der Waals surface area contributed by atoms with E-state index in [4.69, 9.17) is 10.5 Å². The number of ether oxygens (including phenoxy) is 1. The van der Waals surface area contributed by atoms with Crippen LogP contribution in [-0.2, 0) is 4.74 Å². The van der Waals surface area contributed by atoms with E-state index in [9.17, 15) is 9.90 Å². The molecule has 112 valence electrons. The molecule has 5 heteroatoms. The molecular formula is C14H28N2O3. The van der Waals surface area contributed by atoms with E-state index >= 15 is 0 Å². The fourth-order valence-electron chi connectivity index (χ4n) is 2.55. The molecule has 0 aromatic carbocycles. The Morgan fingerprint density at radius 1 is 1.42 bits per heavy atom. The number of piperidine rings is 1. The number of hydrogen-bond acceptors (Lipinski definition) is 4. The maximum absolute atomic E-state index is 12.3. The second-order valence-corrected chi connectivity index (χ2v) is 6.35. The largest absolute Gasteiger partial charge is 0.444 e. The van der Waals surface area contributed by atoms with Crippen molar-refractivity contribution in [2.45, 2.75) is 70.6 Å². The third kappa shape index (κ3) is 4.08. The Hall–Kier alpha value is -0.810. The summed E-state index contributed by atoms with van der Waals surface area (Å²) in [6.45, 7) is 8.22. The lowest BCUT2D eigenvalue weighted by molar-refractivity contribution is -0.0654. The molecular weight excluding hydrogens is 244 g/mol. The van der Waals surface area contributed by atoms with Gasteiger partial charge in [-0.3, -0.25) is 0 Å². The van der Waals surface area contributed by atoms with E-state index in [2.05, 4.69) is 0 Å². The molecule has 2 atom stereocenters. The van der Waals surface area contributed by atoms with Crippen LogP contribution < -0.4 is 5.73 Å². The first-order chi connectivity index (χ1) is 8.73. The molecule has 1 amide bonds. The molecule has 0 radical (unpaired) electrons. The topological polar surface area (TPSA) is 75.8 Å². The van der Waals surface area contributed by atoms with Crippen LogP contribution in [0.2, 0.25) is 0 Å². The number of hydrogen-bond donors (Lipinski definition) is 2. The lowest BCUT2D eigenvalue weighted by atomic mass is 9.84.